The van der Waals surface area contributed by atoms with Crippen molar-refractivity contribution in [1.82, 2.24) is 0 Å². The van der Waals surface area contributed by atoms with Crippen molar-refractivity contribution < 1.29 is 9.90 Å². The predicted octanol–water partition coefficient (Wildman–Crippen LogP) is 2.17. The minimum atomic E-state index is -0.734. The molecule has 0 aliphatic rings. The van der Waals surface area contributed by atoms with E-state index < -0.39 is 12.0 Å². The summed E-state index contributed by atoms with van der Waals surface area (Å²) in [5.41, 5.74) is 13.1. The average Bonchev–Trinajstić information content (AvgIpc) is 2.46. The van der Waals surface area contributed by atoms with Crippen LogP contribution in [0.3, 0.4) is 0 Å². The van der Waals surface area contributed by atoms with Crippen molar-refractivity contribution in [2.45, 2.75) is 6.10 Å². The molecule has 1 unspecified atom stereocenters. The number of nitrogens with one attached hydrogen (secondary N) is 1. The van der Waals surface area contributed by atoms with Crippen molar-refractivity contribution in [3.05, 3.63) is 58.6 Å². The molecule has 0 aromatic heterocycles. The number of amides is 1. The Hall–Kier alpha value is -2.24. The second-order valence-electron chi connectivity index (χ2n) is 4.62. The fraction of sp³-hybridized carbons (Fsp3) is 0.133. The Morgan fingerprint density at radius 3 is 2.52 bits per heavy atom. The quantitative estimate of drug-likeness (QED) is 0.636. The maximum absolute atomic E-state index is 11.4. The highest BCUT2D eigenvalue weighted by Crippen LogP contribution is 2.22. The topological polar surface area (TPSA) is 101 Å². The molecule has 0 heterocycles. The maximum Gasteiger partial charge on any atom is 0.250 e. The van der Waals surface area contributed by atoms with Crippen LogP contribution in [0.15, 0.2) is 42.5 Å². The summed E-state index contributed by atoms with van der Waals surface area (Å²) in [6.45, 7) is 0.228. The van der Waals surface area contributed by atoms with Gasteiger partial charge in [0.2, 0.25) is 0 Å². The van der Waals surface area contributed by atoms with Crippen LogP contribution in [0.25, 0.3) is 0 Å². The van der Waals surface area contributed by atoms with Gasteiger partial charge in [-0.2, -0.15) is 0 Å². The van der Waals surface area contributed by atoms with E-state index in [1.54, 1.807) is 36.4 Å². The molecule has 21 heavy (non-hydrogen) atoms. The number of halogens is 1. The normalized spacial score (nSPS) is 11.9. The van der Waals surface area contributed by atoms with Crippen molar-refractivity contribution in [1.29, 1.82) is 0 Å². The Morgan fingerprint density at radius 1 is 1.24 bits per heavy atom. The van der Waals surface area contributed by atoms with Crippen LogP contribution >= 0.6 is 11.6 Å². The van der Waals surface area contributed by atoms with E-state index in [0.717, 1.165) is 5.56 Å². The minimum Gasteiger partial charge on any atom is -0.399 e. The number of primary amides is 1. The number of hydrogen-bond donors (Lipinski definition) is 4. The number of anilines is 2. The van der Waals surface area contributed by atoms with Gasteiger partial charge in [0.05, 0.1) is 11.7 Å². The summed E-state index contributed by atoms with van der Waals surface area (Å²) in [5, 5.41) is 13.5. The number of aliphatic hydroxyl groups excluding tert-OH is 1. The van der Waals surface area contributed by atoms with Crippen molar-refractivity contribution in [2.24, 2.45) is 5.73 Å². The molecule has 2 aromatic carbocycles. The van der Waals surface area contributed by atoms with Gasteiger partial charge in [-0.1, -0.05) is 23.7 Å². The van der Waals surface area contributed by atoms with Crippen molar-refractivity contribution in [2.75, 3.05) is 17.6 Å². The smallest absolute Gasteiger partial charge is 0.250 e. The zero-order valence-corrected chi connectivity index (χ0v) is 12.0. The van der Waals surface area contributed by atoms with E-state index in [-0.39, 0.29) is 12.1 Å². The van der Waals surface area contributed by atoms with Crippen LogP contribution in [-0.4, -0.2) is 17.6 Å². The van der Waals surface area contributed by atoms with E-state index in [1.807, 2.05) is 0 Å². The summed E-state index contributed by atoms with van der Waals surface area (Å²) >= 11 is 5.84. The van der Waals surface area contributed by atoms with E-state index in [1.165, 1.54) is 6.07 Å². The van der Waals surface area contributed by atoms with E-state index in [4.69, 9.17) is 23.1 Å². The molecule has 0 fully saturated rings. The third-order valence-electron chi connectivity index (χ3n) is 3.05. The summed E-state index contributed by atoms with van der Waals surface area (Å²) in [5.74, 6) is -0.582. The van der Waals surface area contributed by atoms with Crippen molar-refractivity contribution in [3.63, 3.8) is 0 Å². The molecular formula is C15H16ClN3O2. The fourth-order valence-electron chi connectivity index (χ4n) is 1.92. The Kier molecular flexibility index (Phi) is 4.67. The molecule has 0 saturated heterocycles. The second kappa shape index (κ2) is 6.47. The number of aliphatic hydroxyl groups is 1. The highest BCUT2D eigenvalue weighted by atomic mass is 35.5. The number of hydrogen-bond acceptors (Lipinski definition) is 4. The predicted molar refractivity (Wildman–Crippen MR) is 84.3 cm³/mol. The Morgan fingerprint density at radius 2 is 1.90 bits per heavy atom. The number of carbonyl (C=O) groups is 1. The lowest BCUT2D eigenvalue weighted by molar-refractivity contribution is 0.100. The second-order valence-corrected chi connectivity index (χ2v) is 5.05. The number of rotatable bonds is 5. The highest BCUT2D eigenvalue weighted by Gasteiger charge is 2.11. The molecule has 0 spiro atoms. The van der Waals surface area contributed by atoms with Crippen LogP contribution in [-0.2, 0) is 0 Å². The summed E-state index contributed by atoms with van der Waals surface area (Å²) < 4.78 is 0. The molecule has 2 aromatic rings. The lowest BCUT2D eigenvalue weighted by atomic mass is 10.1. The third kappa shape index (κ3) is 3.87. The van der Waals surface area contributed by atoms with Crippen LogP contribution in [0.4, 0.5) is 11.4 Å². The molecule has 1 atom stereocenters. The van der Waals surface area contributed by atoms with Crippen LogP contribution in [0.5, 0.6) is 0 Å². The SMILES string of the molecule is NC(=O)c1cc(Cl)ccc1NCC(O)c1ccc(N)cc1. The van der Waals surface area contributed by atoms with Gasteiger partial charge in [0.15, 0.2) is 0 Å². The van der Waals surface area contributed by atoms with Crippen LogP contribution in [0.2, 0.25) is 5.02 Å². The first kappa shape index (κ1) is 15.2. The lowest BCUT2D eigenvalue weighted by Gasteiger charge is -2.15. The van der Waals surface area contributed by atoms with Gasteiger partial charge in [-0.05, 0) is 35.9 Å². The van der Waals surface area contributed by atoms with Crippen LogP contribution in [0.1, 0.15) is 22.0 Å². The summed E-state index contributed by atoms with van der Waals surface area (Å²) in [6, 6.07) is 11.7. The van der Waals surface area contributed by atoms with E-state index in [9.17, 15) is 9.90 Å². The molecule has 1 amide bonds. The molecule has 0 bridgehead atoms. The molecule has 5 nitrogen and oxygen atoms in total. The van der Waals surface area contributed by atoms with E-state index in [0.29, 0.717) is 16.4 Å². The number of carbonyl (C=O) groups excluding carboxylic acids is 1. The van der Waals surface area contributed by atoms with E-state index >= 15 is 0 Å². The molecule has 0 aliphatic heterocycles. The number of nitrogens with two attached hydrogens (primary N) is 2. The molecule has 0 radical (unpaired) electrons. The summed E-state index contributed by atoms with van der Waals surface area (Å²) in [6.07, 6.45) is -0.734. The van der Waals surface area contributed by atoms with Gasteiger partial charge in [-0.3, -0.25) is 4.79 Å². The molecule has 2 rings (SSSR count). The molecule has 0 aliphatic carbocycles. The highest BCUT2D eigenvalue weighted by molar-refractivity contribution is 6.31. The lowest BCUT2D eigenvalue weighted by Crippen LogP contribution is -2.17. The van der Waals surface area contributed by atoms with Gasteiger partial charge >= 0.3 is 0 Å². The minimum absolute atomic E-state index is 0.228. The largest absolute Gasteiger partial charge is 0.399 e. The van der Waals surface area contributed by atoms with Gasteiger partial charge in [0, 0.05) is 22.9 Å². The van der Waals surface area contributed by atoms with Gasteiger partial charge in [0.1, 0.15) is 0 Å². The van der Waals surface area contributed by atoms with Gasteiger partial charge in [-0.15, -0.1) is 0 Å². The molecule has 6 heteroatoms. The first-order valence-corrected chi connectivity index (χ1v) is 6.72. The van der Waals surface area contributed by atoms with Crippen LogP contribution < -0.4 is 16.8 Å². The summed E-state index contributed by atoms with van der Waals surface area (Å²) in [4.78, 5) is 11.4. The maximum atomic E-state index is 11.4. The average molecular weight is 306 g/mol. The van der Waals surface area contributed by atoms with Gasteiger partial charge in [-0.25, -0.2) is 0 Å². The zero-order valence-electron chi connectivity index (χ0n) is 11.2. The fourth-order valence-corrected chi connectivity index (χ4v) is 2.09. The molecular weight excluding hydrogens is 290 g/mol. The zero-order chi connectivity index (χ0) is 15.4. The number of benzene rings is 2. The number of nitrogen functional groups attached to an aromatic ring is 1. The standard InChI is InChI=1S/C15H16ClN3O2/c16-10-3-6-13(12(7-10)15(18)21)19-8-14(20)9-1-4-11(17)5-2-9/h1-7,14,19-20H,8,17H2,(H2,18,21). The molecule has 0 saturated carbocycles. The van der Waals surface area contributed by atoms with E-state index in [2.05, 4.69) is 5.32 Å². The summed E-state index contributed by atoms with van der Waals surface area (Å²) in [7, 11) is 0. The molecule has 6 N–H and O–H groups in total. The first-order valence-electron chi connectivity index (χ1n) is 6.34. The van der Waals surface area contributed by atoms with Gasteiger partial charge in [0.25, 0.3) is 5.91 Å². The first-order chi connectivity index (χ1) is 9.97. The van der Waals surface area contributed by atoms with Gasteiger partial charge < -0.3 is 21.9 Å². The Bertz CT molecular complexity index is 644. The molecule has 110 valence electrons. The van der Waals surface area contributed by atoms with Crippen molar-refractivity contribution in [3.8, 4) is 0 Å². The van der Waals surface area contributed by atoms with Crippen molar-refractivity contribution >= 4 is 28.9 Å². The Labute approximate surface area is 127 Å². The van der Waals surface area contributed by atoms with Crippen LogP contribution in [0, 0.1) is 0 Å². The monoisotopic (exact) mass is 305 g/mol. The Balaban J connectivity index is 2.09. The third-order valence-corrected chi connectivity index (χ3v) is 3.29.